The van der Waals surface area contributed by atoms with Crippen LogP contribution in [0.2, 0.25) is 0 Å². The molecule has 0 aliphatic carbocycles. The van der Waals surface area contributed by atoms with E-state index in [1.807, 2.05) is 17.8 Å². The van der Waals surface area contributed by atoms with Gasteiger partial charge in [0.1, 0.15) is 5.75 Å². The second-order valence-corrected chi connectivity index (χ2v) is 6.07. The molecule has 0 radical (unpaired) electrons. The van der Waals surface area contributed by atoms with E-state index in [0.29, 0.717) is 6.04 Å². The predicted molar refractivity (Wildman–Crippen MR) is 84.1 cm³/mol. The van der Waals surface area contributed by atoms with Crippen molar-refractivity contribution in [3.05, 3.63) is 29.8 Å². The Labute approximate surface area is 121 Å². The van der Waals surface area contributed by atoms with Crippen LogP contribution in [0.5, 0.6) is 5.75 Å². The molecule has 1 unspecified atom stereocenters. The molecule has 0 aromatic heterocycles. The molecule has 1 aromatic rings. The first kappa shape index (κ1) is 14.7. The van der Waals surface area contributed by atoms with Crippen LogP contribution in [0.3, 0.4) is 0 Å². The number of fused-ring (bicyclic) bond motifs is 1. The third-order valence-electron chi connectivity index (χ3n) is 3.62. The zero-order valence-electron chi connectivity index (χ0n) is 11.9. The van der Waals surface area contributed by atoms with Gasteiger partial charge in [0.2, 0.25) is 0 Å². The summed E-state index contributed by atoms with van der Waals surface area (Å²) in [7, 11) is 0. The molecule has 1 heterocycles. The Kier molecular flexibility index (Phi) is 6.58. The Morgan fingerprint density at radius 2 is 2.05 bits per heavy atom. The first-order chi connectivity index (χ1) is 9.42. The van der Waals surface area contributed by atoms with Gasteiger partial charge < -0.3 is 10.1 Å². The molecule has 1 N–H and O–H groups in total. The summed E-state index contributed by atoms with van der Waals surface area (Å²) >= 11 is 1.95. The van der Waals surface area contributed by atoms with E-state index in [1.165, 1.54) is 37.0 Å². The Balaban J connectivity index is 1.67. The molecule has 0 bridgehead atoms. The Bertz CT molecular complexity index is 370. The zero-order chi connectivity index (χ0) is 13.3. The number of nitrogens with one attached hydrogen (secondary N) is 1. The molecular weight excluding hydrogens is 254 g/mol. The van der Waals surface area contributed by atoms with E-state index in [-0.39, 0.29) is 0 Å². The van der Waals surface area contributed by atoms with Crippen molar-refractivity contribution < 1.29 is 4.74 Å². The summed E-state index contributed by atoms with van der Waals surface area (Å²) in [6, 6.07) is 8.89. The van der Waals surface area contributed by atoms with Crippen molar-refractivity contribution in [3.63, 3.8) is 0 Å². The molecule has 1 aliphatic heterocycles. The Morgan fingerprint density at radius 1 is 1.21 bits per heavy atom. The van der Waals surface area contributed by atoms with Crippen molar-refractivity contribution in [2.24, 2.45) is 0 Å². The number of hydrogen-bond donors (Lipinski definition) is 1. The lowest BCUT2D eigenvalue weighted by Gasteiger charge is -2.26. The smallest absolute Gasteiger partial charge is 0.124 e. The van der Waals surface area contributed by atoms with Crippen molar-refractivity contribution in [2.45, 2.75) is 38.1 Å². The minimum Gasteiger partial charge on any atom is -0.493 e. The maximum atomic E-state index is 5.68. The second-order valence-electron chi connectivity index (χ2n) is 5.09. The van der Waals surface area contributed by atoms with Crippen LogP contribution in [0.1, 0.15) is 43.7 Å². The molecule has 0 spiro atoms. The van der Waals surface area contributed by atoms with Gasteiger partial charge in [-0.3, -0.25) is 0 Å². The number of thioether (sulfide) groups is 1. The fraction of sp³-hybridized carbons (Fsp3) is 0.625. The first-order valence-corrected chi connectivity index (χ1v) is 8.75. The standard InChI is InChI=1S/C16H25NOS/c1-19-13-7-3-2-6-11-17-15-10-12-18-16-9-5-4-8-14(15)16/h4-5,8-9,15,17H,2-3,6-7,10-13H2,1H3. The van der Waals surface area contributed by atoms with Crippen LogP contribution in [0, 0.1) is 0 Å². The molecule has 106 valence electrons. The van der Waals surface area contributed by atoms with Crippen LogP contribution in [-0.4, -0.2) is 25.2 Å². The predicted octanol–water partition coefficient (Wildman–Crippen LogP) is 4.02. The minimum absolute atomic E-state index is 0.483. The maximum absolute atomic E-state index is 5.68. The SMILES string of the molecule is CSCCCCCCNC1CCOc2ccccc21. The largest absolute Gasteiger partial charge is 0.493 e. The number of hydrogen-bond acceptors (Lipinski definition) is 3. The average molecular weight is 279 g/mol. The molecule has 1 atom stereocenters. The fourth-order valence-corrected chi connectivity index (χ4v) is 3.05. The number of unbranched alkanes of at least 4 members (excludes halogenated alkanes) is 3. The molecule has 1 aliphatic rings. The number of benzene rings is 1. The summed E-state index contributed by atoms with van der Waals surface area (Å²) in [5.41, 5.74) is 1.33. The van der Waals surface area contributed by atoms with E-state index in [4.69, 9.17) is 4.74 Å². The van der Waals surface area contributed by atoms with Gasteiger partial charge >= 0.3 is 0 Å². The van der Waals surface area contributed by atoms with Crippen LogP contribution >= 0.6 is 11.8 Å². The number of ether oxygens (including phenoxy) is 1. The van der Waals surface area contributed by atoms with Crippen LogP contribution in [0.4, 0.5) is 0 Å². The molecule has 3 heteroatoms. The van der Waals surface area contributed by atoms with Crippen molar-refractivity contribution in [3.8, 4) is 5.75 Å². The second kappa shape index (κ2) is 8.49. The molecule has 19 heavy (non-hydrogen) atoms. The lowest BCUT2D eigenvalue weighted by atomic mass is 10.0. The van der Waals surface area contributed by atoms with Gasteiger partial charge in [-0.05, 0) is 37.5 Å². The summed E-state index contributed by atoms with van der Waals surface area (Å²) in [4.78, 5) is 0. The highest BCUT2D eigenvalue weighted by Crippen LogP contribution is 2.31. The lowest BCUT2D eigenvalue weighted by molar-refractivity contribution is 0.252. The molecule has 2 rings (SSSR count). The topological polar surface area (TPSA) is 21.3 Å². The van der Waals surface area contributed by atoms with E-state index < -0.39 is 0 Å². The van der Waals surface area contributed by atoms with Gasteiger partial charge in [0.15, 0.2) is 0 Å². The number of para-hydroxylation sites is 1. The van der Waals surface area contributed by atoms with E-state index in [1.54, 1.807) is 0 Å². The number of rotatable bonds is 8. The van der Waals surface area contributed by atoms with Gasteiger partial charge in [0.25, 0.3) is 0 Å². The highest BCUT2D eigenvalue weighted by atomic mass is 32.2. The van der Waals surface area contributed by atoms with Gasteiger partial charge in [-0.25, -0.2) is 0 Å². The van der Waals surface area contributed by atoms with Crippen LogP contribution in [0.15, 0.2) is 24.3 Å². The average Bonchev–Trinajstić information content (AvgIpc) is 2.46. The van der Waals surface area contributed by atoms with Gasteiger partial charge in [-0.1, -0.05) is 31.0 Å². The van der Waals surface area contributed by atoms with Gasteiger partial charge in [-0.2, -0.15) is 11.8 Å². The van der Waals surface area contributed by atoms with Crippen LogP contribution < -0.4 is 10.1 Å². The molecule has 1 aromatic carbocycles. The molecule has 0 saturated heterocycles. The van der Waals surface area contributed by atoms with Crippen molar-refractivity contribution >= 4 is 11.8 Å². The van der Waals surface area contributed by atoms with Crippen LogP contribution in [-0.2, 0) is 0 Å². The monoisotopic (exact) mass is 279 g/mol. The minimum atomic E-state index is 0.483. The Morgan fingerprint density at radius 3 is 2.95 bits per heavy atom. The van der Waals surface area contributed by atoms with Gasteiger partial charge in [0, 0.05) is 18.0 Å². The van der Waals surface area contributed by atoms with Crippen molar-refractivity contribution in [1.82, 2.24) is 5.32 Å². The quantitative estimate of drug-likeness (QED) is 0.726. The summed E-state index contributed by atoms with van der Waals surface area (Å²) in [5.74, 6) is 2.37. The van der Waals surface area contributed by atoms with E-state index >= 15 is 0 Å². The third kappa shape index (κ3) is 4.73. The Hall–Kier alpha value is -0.670. The molecular formula is C16H25NOS. The van der Waals surface area contributed by atoms with Gasteiger partial charge in [0.05, 0.1) is 6.61 Å². The molecule has 0 amide bonds. The van der Waals surface area contributed by atoms with Gasteiger partial charge in [-0.15, -0.1) is 0 Å². The molecule has 0 saturated carbocycles. The molecule has 0 fully saturated rings. The zero-order valence-corrected chi connectivity index (χ0v) is 12.7. The summed E-state index contributed by atoms with van der Waals surface area (Å²) in [6.45, 7) is 1.96. The van der Waals surface area contributed by atoms with E-state index in [9.17, 15) is 0 Å². The molecule has 2 nitrogen and oxygen atoms in total. The third-order valence-corrected chi connectivity index (χ3v) is 4.32. The highest BCUT2D eigenvalue weighted by molar-refractivity contribution is 7.98. The highest BCUT2D eigenvalue weighted by Gasteiger charge is 2.19. The first-order valence-electron chi connectivity index (χ1n) is 7.36. The maximum Gasteiger partial charge on any atom is 0.124 e. The van der Waals surface area contributed by atoms with Crippen molar-refractivity contribution in [1.29, 1.82) is 0 Å². The van der Waals surface area contributed by atoms with E-state index in [2.05, 4.69) is 29.8 Å². The normalized spacial score (nSPS) is 17.8. The van der Waals surface area contributed by atoms with Crippen LogP contribution in [0.25, 0.3) is 0 Å². The summed E-state index contributed by atoms with van der Waals surface area (Å²) < 4.78 is 5.68. The fourth-order valence-electron chi connectivity index (χ4n) is 2.56. The summed E-state index contributed by atoms with van der Waals surface area (Å²) in [6.07, 6.45) is 8.63. The van der Waals surface area contributed by atoms with E-state index in [0.717, 1.165) is 25.3 Å². The lowest BCUT2D eigenvalue weighted by Crippen LogP contribution is -2.27. The van der Waals surface area contributed by atoms with Crippen molar-refractivity contribution in [2.75, 3.05) is 25.2 Å². The summed E-state index contributed by atoms with van der Waals surface area (Å²) in [5, 5.41) is 3.68.